The molecule has 1 saturated heterocycles. The Kier molecular flexibility index (Phi) is 5.62. The minimum Gasteiger partial charge on any atom is -0.313 e. The maximum absolute atomic E-state index is 3.65. The van der Waals surface area contributed by atoms with Crippen molar-refractivity contribution in [3.63, 3.8) is 0 Å². The van der Waals surface area contributed by atoms with Gasteiger partial charge in [-0.15, -0.1) is 0 Å². The van der Waals surface area contributed by atoms with Gasteiger partial charge >= 0.3 is 0 Å². The second-order valence-corrected chi connectivity index (χ2v) is 5.14. The summed E-state index contributed by atoms with van der Waals surface area (Å²) >= 11 is 0. The maximum Gasteiger partial charge on any atom is 0.0249 e. The summed E-state index contributed by atoms with van der Waals surface area (Å²) in [7, 11) is 0. The predicted octanol–water partition coefficient (Wildman–Crippen LogP) is 2.64. The van der Waals surface area contributed by atoms with E-state index in [0.29, 0.717) is 12.1 Å². The minimum absolute atomic E-state index is 0.646. The van der Waals surface area contributed by atoms with Gasteiger partial charge in [0.1, 0.15) is 0 Å². The van der Waals surface area contributed by atoms with Gasteiger partial charge in [-0.2, -0.15) is 0 Å². The van der Waals surface area contributed by atoms with Gasteiger partial charge in [0.15, 0.2) is 0 Å². The average Bonchev–Trinajstić information content (AvgIpc) is 2.25. The van der Waals surface area contributed by atoms with Crippen molar-refractivity contribution < 1.29 is 0 Å². The van der Waals surface area contributed by atoms with Gasteiger partial charge in [0.25, 0.3) is 0 Å². The van der Waals surface area contributed by atoms with Crippen molar-refractivity contribution in [1.29, 1.82) is 0 Å². The molecule has 1 aliphatic heterocycles. The lowest BCUT2D eigenvalue weighted by Gasteiger charge is -2.42. The van der Waals surface area contributed by atoms with E-state index in [1.807, 2.05) is 0 Å². The third-order valence-corrected chi connectivity index (χ3v) is 3.55. The van der Waals surface area contributed by atoms with E-state index in [9.17, 15) is 0 Å². The second-order valence-electron chi connectivity index (χ2n) is 5.14. The van der Waals surface area contributed by atoms with Gasteiger partial charge in [0, 0.05) is 18.1 Å². The van der Waals surface area contributed by atoms with Crippen LogP contribution in [0.4, 0.5) is 0 Å². The van der Waals surface area contributed by atoms with E-state index in [-0.39, 0.29) is 0 Å². The van der Waals surface area contributed by atoms with Gasteiger partial charge in [-0.3, -0.25) is 4.90 Å². The number of nitrogens with zero attached hydrogens (tertiary/aromatic N) is 1. The molecule has 0 radical (unpaired) electrons. The first kappa shape index (κ1) is 13.0. The standard InChI is InChI=1S/C13H28N2/c1-5-9-14-12(4)13-8-6-7-10-15(13)11(2)3/h11-14H,5-10H2,1-4H3. The van der Waals surface area contributed by atoms with Gasteiger partial charge in [-0.25, -0.2) is 0 Å². The fourth-order valence-corrected chi connectivity index (χ4v) is 2.67. The molecule has 0 bridgehead atoms. The lowest BCUT2D eigenvalue weighted by molar-refractivity contribution is 0.0877. The Balaban J connectivity index is 2.47. The van der Waals surface area contributed by atoms with Crippen LogP contribution in [0.15, 0.2) is 0 Å². The first-order valence-corrected chi connectivity index (χ1v) is 6.66. The normalized spacial score (nSPS) is 25.8. The fraction of sp³-hybridized carbons (Fsp3) is 1.00. The molecule has 1 N–H and O–H groups in total. The van der Waals surface area contributed by atoms with Crippen LogP contribution in [0.1, 0.15) is 53.4 Å². The number of hydrogen-bond acceptors (Lipinski definition) is 2. The van der Waals surface area contributed by atoms with Crippen LogP contribution in [-0.4, -0.2) is 36.1 Å². The van der Waals surface area contributed by atoms with E-state index in [2.05, 4.69) is 37.9 Å². The molecule has 90 valence electrons. The van der Waals surface area contributed by atoms with Crippen molar-refractivity contribution in [2.24, 2.45) is 0 Å². The Morgan fingerprint density at radius 3 is 2.60 bits per heavy atom. The minimum atomic E-state index is 0.646. The lowest BCUT2D eigenvalue weighted by Crippen LogP contribution is -2.53. The van der Waals surface area contributed by atoms with Crippen molar-refractivity contribution in [3.05, 3.63) is 0 Å². The molecule has 2 atom stereocenters. The smallest absolute Gasteiger partial charge is 0.0249 e. The summed E-state index contributed by atoms with van der Waals surface area (Å²) < 4.78 is 0. The van der Waals surface area contributed by atoms with Crippen LogP contribution in [0.5, 0.6) is 0 Å². The molecule has 2 unspecified atom stereocenters. The molecule has 0 spiro atoms. The third kappa shape index (κ3) is 3.76. The van der Waals surface area contributed by atoms with Crippen molar-refractivity contribution in [3.8, 4) is 0 Å². The molecular weight excluding hydrogens is 184 g/mol. The molecule has 0 aromatic heterocycles. The predicted molar refractivity (Wildman–Crippen MR) is 67.2 cm³/mol. The molecule has 1 rings (SSSR count). The van der Waals surface area contributed by atoms with Gasteiger partial charge in [-0.05, 0) is 53.1 Å². The van der Waals surface area contributed by atoms with Gasteiger partial charge in [0.2, 0.25) is 0 Å². The molecule has 1 aliphatic rings. The highest BCUT2D eigenvalue weighted by molar-refractivity contribution is 4.86. The van der Waals surface area contributed by atoms with E-state index in [4.69, 9.17) is 0 Å². The summed E-state index contributed by atoms with van der Waals surface area (Å²) in [6, 6.07) is 2.10. The fourth-order valence-electron chi connectivity index (χ4n) is 2.67. The highest BCUT2D eigenvalue weighted by atomic mass is 15.2. The van der Waals surface area contributed by atoms with Gasteiger partial charge in [-0.1, -0.05) is 13.3 Å². The topological polar surface area (TPSA) is 15.3 Å². The molecule has 0 aromatic rings. The first-order chi connectivity index (χ1) is 7.16. The van der Waals surface area contributed by atoms with Crippen LogP contribution in [-0.2, 0) is 0 Å². The Labute approximate surface area is 95.4 Å². The van der Waals surface area contributed by atoms with Crippen LogP contribution < -0.4 is 5.32 Å². The molecule has 1 heterocycles. The summed E-state index contributed by atoms with van der Waals surface area (Å²) in [5.41, 5.74) is 0. The number of hydrogen-bond donors (Lipinski definition) is 1. The summed E-state index contributed by atoms with van der Waals surface area (Å²) in [6.45, 7) is 11.7. The maximum atomic E-state index is 3.65. The molecule has 0 aromatic carbocycles. The Bertz CT molecular complexity index is 168. The van der Waals surface area contributed by atoms with Gasteiger partial charge in [0.05, 0.1) is 0 Å². The quantitative estimate of drug-likeness (QED) is 0.753. The van der Waals surface area contributed by atoms with Crippen LogP contribution in [0, 0.1) is 0 Å². The number of piperidine rings is 1. The number of likely N-dealkylation sites (tertiary alicyclic amines) is 1. The van der Waals surface area contributed by atoms with E-state index < -0.39 is 0 Å². The summed E-state index contributed by atoms with van der Waals surface area (Å²) in [4.78, 5) is 2.68. The van der Waals surface area contributed by atoms with E-state index in [1.54, 1.807) is 0 Å². The highest BCUT2D eigenvalue weighted by Crippen LogP contribution is 2.21. The summed E-state index contributed by atoms with van der Waals surface area (Å²) in [5, 5.41) is 3.65. The van der Waals surface area contributed by atoms with Crippen LogP contribution in [0.3, 0.4) is 0 Å². The third-order valence-electron chi connectivity index (χ3n) is 3.55. The number of rotatable bonds is 5. The van der Waals surface area contributed by atoms with Crippen LogP contribution in [0.25, 0.3) is 0 Å². The summed E-state index contributed by atoms with van der Waals surface area (Å²) in [6.07, 6.45) is 5.40. The zero-order valence-corrected chi connectivity index (χ0v) is 10.9. The molecule has 0 amide bonds. The zero-order chi connectivity index (χ0) is 11.3. The van der Waals surface area contributed by atoms with E-state index in [1.165, 1.54) is 32.2 Å². The second kappa shape index (κ2) is 6.49. The lowest BCUT2D eigenvalue weighted by atomic mass is 9.95. The Hall–Kier alpha value is -0.0800. The monoisotopic (exact) mass is 212 g/mol. The SMILES string of the molecule is CCCNC(C)C1CCCCN1C(C)C. The van der Waals surface area contributed by atoms with E-state index in [0.717, 1.165) is 12.6 Å². The molecule has 2 heteroatoms. The first-order valence-electron chi connectivity index (χ1n) is 6.66. The molecular formula is C13H28N2. The van der Waals surface area contributed by atoms with Crippen molar-refractivity contribution in [1.82, 2.24) is 10.2 Å². The molecule has 15 heavy (non-hydrogen) atoms. The Morgan fingerprint density at radius 2 is 2.00 bits per heavy atom. The van der Waals surface area contributed by atoms with Crippen molar-refractivity contribution in [2.75, 3.05) is 13.1 Å². The molecule has 0 aliphatic carbocycles. The van der Waals surface area contributed by atoms with Crippen molar-refractivity contribution >= 4 is 0 Å². The van der Waals surface area contributed by atoms with Crippen LogP contribution >= 0.6 is 0 Å². The molecule has 0 saturated carbocycles. The Morgan fingerprint density at radius 1 is 1.27 bits per heavy atom. The van der Waals surface area contributed by atoms with Crippen LogP contribution in [0.2, 0.25) is 0 Å². The molecule has 1 fully saturated rings. The van der Waals surface area contributed by atoms with Crippen molar-refractivity contribution in [2.45, 2.75) is 71.5 Å². The zero-order valence-electron chi connectivity index (χ0n) is 10.9. The largest absolute Gasteiger partial charge is 0.313 e. The highest BCUT2D eigenvalue weighted by Gasteiger charge is 2.28. The molecule has 2 nitrogen and oxygen atoms in total. The van der Waals surface area contributed by atoms with Gasteiger partial charge < -0.3 is 5.32 Å². The van der Waals surface area contributed by atoms with E-state index >= 15 is 0 Å². The summed E-state index contributed by atoms with van der Waals surface area (Å²) in [5.74, 6) is 0. The average molecular weight is 212 g/mol. The number of nitrogens with one attached hydrogen (secondary N) is 1.